The molecule has 0 saturated heterocycles. The van der Waals surface area contributed by atoms with Crippen molar-refractivity contribution in [1.29, 1.82) is 0 Å². The van der Waals surface area contributed by atoms with Gasteiger partial charge in [0.15, 0.2) is 9.84 Å². The zero-order chi connectivity index (χ0) is 8.60. The maximum atomic E-state index is 11.5. The molecule has 0 fully saturated rings. The Morgan fingerprint density at radius 3 is 2.54 bits per heavy atom. The van der Waals surface area contributed by atoms with Crippen molar-refractivity contribution in [3.05, 3.63) is 29.8 Å². The molecule has 1 aliphatic heterocycles. The zero-order valence-electron chi connectivity index (χ0n) is 7.06. The fourth-order valence-corrected chi connectivity index (χ4v) is 3.18. The Labute approximate surface area is 84.3 Å². The van der Waals surface area contributed by atoms with Crippen LogP contribution in [-0.2, 0) is 16.3 Å². The molecule has 0 radical (unpaired) electrons. The minimum Gasteiger partial charge on any atom is -0.224 e. The van der Waals surface area contributed by atoms with Crippen molar-refractivity contribution in [1.82, 2.24) is 0 Å². The average molecular weight is 219 g/mol. The lowest BCUT2D eigenvalue weighted by atomic mass is 10.1. The molecule has 0 unspecified atom stereocenters. The van der Waals surface area contributed by atoms with Crippen LogP contribution in [0.2, 0.25) is 0 Å². The van der Waals surface area contributed by atoms with E-state index in [-0.39, 0.29) is 12.4 Å². The molecule has 0 aliphatic carbocycles. The minimum atomic E-state index is -2.94. The van der Waals surface area contributed by atoms with Crippen molar-refractivity contribution in [2.75, 3.05) is 5.75 Å². The van der Waals surface area contributed by atoms with E-state index in [1.807, 2.05) is 12.1 Å². The van der Waals surface area contributed by atoms with Crippen LogP contribution < -0.4 is 0 Å². The highest BCUT2D eigenvalue weighted by atomic mass is 35.5. The molecule has 0 spiro atoms. The lowest BCUT2D eigenvalue weighted by Gasteiger charge is -2.14. The Morgan fingerprint density at radius 2 is 1.85 bits per heavy atom. The molecule has 0 amide bonds. The summed E-state index contributed by atoms with van der Waals surface area (Å²) in [5.41, 5.74) is 0.976. The number of halogens is 1. The molecule has 4 heteroatoms. The maximum Gasteiger partial charge on any atom is 0.178 e. The Balaban J connectivity index is 0.000000845. The minimum absolute atomic E-state index is 0. The zero-order valence-corrected chi connectivity index (χ0v) is 8.70. The molecule has 0 saturated carbocycles. The standard InChI is InChI=1S/C9H10O2S.ClH/c10-12(11)7-3-5-8-4-1-2-6-9(8)12;/h1-2,4,6H,3,5,7H2;1H. The van der Waals surface area contributed by atoms with E-state index in [1.54, 1.807) is 12.1 Å². The van der Waals surface area contributed by atoms with Crippen molar-refractivity contribution in [3.8, 4) is 0 Å². The van der Waals surface area contributed by atoms with E-state index in [0.29, 0.717) is 10.6 Å². The summed E-state index contributed by atoms with van der Waals surface area (Å²) >= 11 is 0. The van der Waals surface area contributed by atoms with Gasteiger partial charge in [0.1, 0.15) is 0 Å². The second-order valence-electron chi connectivity index (χ2n) is 3.03. The van der Waals surface area contributed by atoms with Gasteiger partial charge in [0, 0.05) is 0 Å². The van der Waals surface area contributed by atoms with Crippen molar-refractivity contribution < 1.29 is 8.42 Å². The first kappa shape index (κ1) is 10.5. The normalized spacial score (nSPS) is 18.5. The third kappa shape index (κ3) is 1.86. The molecule has 0 aromatic heterocycles. The van der Waals surface area contributed by atoms with Crippen LogP contribution in [0.25, 0.3) is 0 Å². The number of aryl methyl sites for hydroxylation is 1. The van der Waals surface area contributed by atoms with E-state index >= 15 is 0 Å². The van der Waals surface area contributed by atoms with Gasteiger partial charge in [-0.2, -0.15) is 0 Å². The predicted molar refractivity (Wildman–Crippen MR) is 54.1 cm³/mol. The van der Waals surface area contributed by atoms with E-state index < -0.39 is 9.84 Å². The smallest absolute Gasteiger partial charge is 0.178 e. The first-order chi connectivity index (χ1) is 5.70. The number of rotatable bonds is 0. The van der Waals surface area contributed by atoms with E-state index in [1.165, 1.54) is 0 Å². The van der Waals surface area contributed by atoms with Gasteiger partial charge in [0.05, 0.1) is 10.6 Å². The van der Waals surface area contributed by atoms with Gasteiger partial charge in [-0.3, -0.25) is 0 Å². The van der Waals surface area contributed by atoms with Crippen LogP contribution in [0, 0.1) is 0 Å². The molecular formula is C9H11ClO2S. The number of fused-ring (bicyclic) bond motifs is 1. The van der Waals surface area contributed by atoms with Crippen LogP contribution in [-0.4, -0.2) is 14.2 Å². The molecule has 72 valence electrons. The maximum absolute atomic E-state index is 11.5. The van der Waals surface area contributed by atoms with Gasteiger partial charge in [-0.1, -0.05) is 18.2 Å². The van der Waals surface area contributed by atoms with Crippen molar-refractivity contribution >= 4 is 22.2 Å². The third-order valence-electron chi connectivity index (χ3n) is 2.17. The third-order valence-corrected chi connectivity index (χ3v) is 4.06. The molecular weight excluding hydrogens is 208 g/mol. The van der Waals surface area contributed by atoms with Crippen LogP contribution in [0.4, 0.5) is 0 Å². The molecule has 1 aromatic rings. The van der Waals surface area contributed by atoms with Gasteiger partial charge in [0.2, 0.25) is 0 Å². The molecule has 2 rings (SSSR count). The first-order valence-electron chi connectivity index (χ1n) is 4.01. The molecule has 13 heavy (non-hydrogen) atoms. The Kier molecular flexibility index (Phi) is 2.98. The summed E-state index contributed by atoms with van der Waals surface area (Å²) in [6.45, 7) is 0. The summed E-state index contributed by atoms with van der Waals surface area (Å²) in [5.74, 6) is 0.310. The van der Waals surface area contributed by atoms with Crippen LogP contribution in [0.5, 0.6) is 0 Å². The Morgan fingerprint density at radius 1 is 1.15 bits per heavy atom. The van der Waals surface area contributed by atoms with E-state index in [2.05, 4.69) is 0 Å². The van der Waals surface area contributed by atoms with Gasteiger partial charge >= 0.3 is 0 Å². The molecule has 0 N–H and O–H groups in total. The van der Waals surface area contributed by atoms with Crippen molar-refractivity contribution in [2.45, 2.75) is 17.7 Å². The fraction of sp³-hybridized carbons (Fsp3) is 0.333. The quantitative estimate of drug-likeness (QED) is 0.666. The summed E-state index contributed by atoms with van der Waals surface area (Å²) in [5, 5.41) is 0. The Bertz CT molecular complexity index is 398. The summed E-state index contributed by atoms with van der Waals surface area (Å²) < 4.78 is 22.9. The number of hydrogen-bond donors (Lipinski definition) is 0. The van der Waals surface area contributed by atoms with Gasteiger partial charge < -0.3 is 0 Å². The summed E-state index contributed by atoms with van der Waals surface area (Å²) in [7, 11) is -2.94. The topological polar surface area (TPSA) is 34.1 Å². The molecule has 0 atom stereocenters. The van der Waals surface area contributed by atoms with Crippen molar-refractivity contribution in [3.63, 3.8) is 0 Å². The molecule has 1 heterocycles. The van der Waals surface area contributed by atoms with Crippen LogP contribution >= 0.6 is 12.4 Å². The summed E-state index contributed by atoms with van der Waals surface area (Å²) in [4.78, 5) is 0.538. The van der Waals surface area contributed by atoms with Gasteiger partial charge in [-0.05, 0) is 24.5 Å². The molecule has 1 aliphatic rings. The largest absolute Gasteiger partial charge is 0.224 e. The number of benzene rings is 1. The van der Waals surface area contributed by atoms with Crippen LogP contribution in [0.3, 0.4) is 0 Å². The second kappa shape index (κ2) is 3.68. The van der Waals surface area contributed by atoms with E-state index in [0.717, 1.165) is 18.4 Å². The fourth-order valence-electron chi connectivity index (χ4n) is 1.58. The van der Waals surface area contributed by atoms with E-state index in [9.17, 15) is 8.42 Å². The van der Waals surface area contributed by atoms with Crippen LogP contribution in [0.15, 0.2) is 29.2 Å². The second-order valence-corrected chi connectivity index (χ2v) is 5.11. The molecule has 1 aromatic carbocycles. The molecule has 2 nitrogen and oxygen atoms in total. The average Bonchev–Trinajstić information content (AvgIpc) is 2.04. The van der Waals surface area contributed by atoms with Gasteiger partial charge in [0.25, 0.3) is 0 Å². The highest BCUT2D eigenvalue weighted by Crippen LogP contribution is 2.23. The number of hydrogen-bond acceptors (Lipinski definition) is 2. The molecule has 0 bridgehead atoms. The Hall–Kier alpha value is -0.540. The number of sulfone groups is 1. The predicted octanol–water partition coefficient (Wildman–Crippen LogP) is 1.83. The highest BCUT2D eigenvalue weighted by Gasteiger charge is 2.21. The lowest BCUT2D eigenvalue weighted by molar-refractivity contribution is 0.586. The van der Waals surface area contributed by atoms with E-state index in [4.69, 9.17) is 0 Å². The first-order valence-corrected chi connectivity index (χ1v) is 5.66. The summed E-state index contributed by atoms with van der Waals surface area (Å²) in [6, 6.07) is 7.26. The van der Waals surface area contributed by atoms with Crippen LogP contribution in [0.1, 0.15) is 12.0 Å². The highest BCUT2D eigenvalue weighted by molar-refractivity contribution is 7.91. The van der Waals surface area contributed by atoms with Gasteiger partial charge in [-0.15, -0.1) is 12.4 Å². The summed E-state index contributed by atoms with van der Waals surface area (Å²) in [6.07, 6.45) is 1.66. The monoisotopic (exact) mass is 218 g/mol. The lowest BCUT2D eigenvalue weighted by Crippen LogP contribution is -2.15. The van der Waals surface area contributed by atoms with Crippen molar-refractivity contribution in [2.24, 2.45) is 0 Å². The van der Waals surface area contributed by atoms with Gasteiger partial charge in [-0.25, -0.2) is 8.42 Å². The SMILES string of the molecule is Cl.O=S1(=O)CCCc2ccccc21.